The lowest BCUT2D eigenvalue weighted by Gasteiger charge is -2.35. The van der Waals surface area contributed by atoms with Gasteiger partial charge in [-0.3, -0.25) is 0 Å². The Morgan fingerprint density at radius 2 is 1.92 bits per heavy atom. The molecule has 0 bridgehead atoms. The van der Waals surface area contributed by atoms with Crippen molar-refractivity contribution in [2.24, 2.45) is 0 Å². The minimum absolute atomic E-state index is 0.190. The van der Waals surface area contributed by atoms with Gasteiger partial charge in [-0.2, -0.15) is 4.31 Å². The molecule has 1 atom stereocenters. The molecule has 1 aromatic heterocycles. The molecule has 0 spiro atoms. The van der Waals surface area contributed by atoms with Crippen molar-refractivity contribution >= 4 is 31.4 Å². The van der Waals surface area contributed by atoms with Crippen molar-refractivity contribution in [1.29, 1.82) is 0 Å². The molecule has 0 unspecified atom stereocenters. The number of rotatable bonds is 3. The van der Waals surface area contributed by atoms with Crippen molar-refractivity contribution in [2.75, 3.05) is 32.9 Å². The molecular weight excluding hydrogens is 346 g/mol. The highest BCUT2D eigenvalue weighted by atomic mass is 32.2. The summed E-state index contributed by atoms with van der Waals surface area (Å²) in [7, 11) is -3.29. The molecule has 0 radical (unpaired) electrons. The largest absolute Gasteiger partial charge is 0.381 e. The SMILES string of the molecule is O=S(=O)(C1CCOCC1)N1CCO[C@H](c2csc3ccccc23)C1. The van der Waals surface area contributed by atoms with Gasteiger partial charge in [-0.1, -0.05) is 18.2 Å². The summed E-state index contributed by atoms with van der Waals surface area (Å²) in [6.07, 6.45) is 0.988. The Morgan fingerprint density at radius 1 is 1.12 bits per heavy atom. The van der Waals surface area contributed by atoms with Crippen LogP contribution in [0.25, 0.3) is 10.1 Å². The van der Waals surface area contributed by atoms with Gasteiger partial charge in [0, 0.05) is 36.6 Å². The van der Waals surface area contributed by atoms with Crippen molar-refractivity contribution in [1.82, 2.24) is 4.31 Å². The fourth-order valence-corrected chi connectivity index (χ4v) is 6.36. The molecule has 0 saturated carbocycles. The number of hydrogen-bond donors (Lipinski definition) is 0. The highest BCUT2D eigenvalue weighted by Crippen LogP contribution is 2.35. The molecule has 5 nitrogen and oxygen atoms in total. The Kier molecular flexibility index (Phi) is 4.62. The molecule has 4 rings (SSSR count). The first-order valence-electron chi connectivity index (χ1n) is 8.31. The molecule has 0 aliphatic carbocycles. The van der Waals surface area contributed by atoms with E-state index < -0.39 is 10.0 Å². The first-order chi connectivity index (χ1) is 11.7. The van der Waals surface area contributed by atoms with Crippen molar-refractivity contribution in [2.45, 2.75) is 24.2 Å². The molecule has 130 valence electrons. The second-order valence-corrected chi connectivity index (χ2v) is 9.39. The zero-order chi connectivity index (χ0) is 16.6. The third-order valence-corrected chi connectivity index (χ3v) is 8.18. The molecule has 0 amide bonds. The average Bonchev–Trinajstić information content (AvgIpc) is 3.07. The highest BCUT2D eigenvalue weighted by Gasteiger charge is 2.37. The van der Waals surface area contributed by atoms with Crippen LogP contribution in [-0.4, -0.2) is 50.9 Å². The Morgan fingerprint density at radius 3 is 2.75 bits per heavy atom. The lowest BCUT2D eigenvalue weighted by molar-refractivity contribution is -0.00242. The maximum absolute atomic E-state index is 12.9. The van der Waals surface area contributed by atoms with Crippen LogP contribution in [0.15, 0.2) is 29.6 Å². The van der Waals surface area contributed by atoms with Crippen molar-refractivity contribution < 1.29 is 17.9 Å². The third-order valence-electron chi connectivity index (χ3n) is 4.84. The maximum Gasteiger partial charge on any atom is 0.217 e. The minimum atomic E-state index is -3.29. The van der Waals surface area contributed by atoms with E-state index in [0.717, 1.165) is 10.9 Å². The van der Waals surface area contributed by atoms with Gasteiger partial charge in [0.1, 0.15) is 0 Å². The van der Waals surface area contributed by atoms with Crippen LogP contribution in [0, 0.1) is 0 Å². The van der Waals surface area contributed by atoms with E-state index in [4.69, 9.17) is 9.47 Å². The quantitative estimate of drug-likeness (QED) is 0.837. The van der Waals surface area contributed by atoms with Gasteiger partial charge >= 0.3 is 0 Å². The predicted octanol–water partition coefficient (Wildman–Crippen LogP) is 2.78. The molecule has 0 N–H and O–H groups in total. The fourth-order valence-electron chi connectivity index (χ4n) is 3.48. The number of fused-ring (bicyclic) bond motifs is 1. The topological polar surface area (TPSA) is 55.8 Å². The average molecular weight is 367 g/mol. The number of thiophene rings is 1. The van der Waals surface area contributed by atoms with Gasteiger partial charge in [0.05, 0.1) is 18.0 Å². The van der Waals surface area contributed by atoms with Crippen molar-refractivity contribution in [3.8, 4) is 0 Å². The Bertz CT molecular complexity index is 811. The molecule has 3 heterocycles. The summed E-state index contributed by atoms with van der Waals surface area (Å²) in [5.74, 6) is 0. The number of ether oxygens (including phenoxy) is 2. The summed E-state index contributed by atoms with van der Waals surface area (Å²) in [4.78, 5) is 0. The summed E-state index contributed by atoms with van der Waals surface area (Å²) in [5.41, 5.74) is 1.10. The van der Waals surface area contributed by atoms with Crippen LogP contribution in [-0.2, 0) is 19.5 Å². The van der Waals surface area contributed by atoms with E-state index in [1.807, 2.05) is 12.1 Å². The van der Waals surface area contributed by atoms with E-state index >= 15 is 0 Å². The van der Waals surface area contributed by atoms with Crippen LogP contribution in [0.4, 0.5) is 0 Å². The molecule has 2 saturated heterocycles. The maximum atomic E-state index is 12.9. The van der Waals surface area contributed by atoms with Gasteiger partial charge in [-0.25, -0.2) is 8.42 Å². The highest BCUT2D eigenvalue weighted by molar-refractivity contribution is 7.89. The number of benzene rings is 1. The first-order valence-corrected chi connectivity index (χ1v) is 10.7. The summed E-state index contributed by atoms with van der Waals surface area (Å²) in [6, 6.07) is 8.20. The Balaban J connectivity index is 1.57. The first kappa shape index (κ1) is 16.5. The lowest BCUT2D eigenvalue weighted by atomic mass is 10.1. The van der Waals surface area contributed by atoms with Crippen molar-refractivity contribution in [3.05, 3.63) is 35.2 Å². The fraction of sp³-hybridized carbons (Fsp3) is 0.529. The van der Waals surface area contributed by atoms with Gasteiger partial charge in [-0.05, 0) is 29.7 Å². The van der Waals surface area contributed by atoms with Crippen LogP contribution in [0.2, 0.25) is 0 Å². The second kappa shape index (κ2) is 6.72. The van der Waals surface area contributed by atoms with E-state index in [9.17, 15) is 8.42 Å². The molecule has 2 aliphatic rings. The predicted molar refractivity (Wildman–Crippen MR) is 94.9 cm³/mol. The number of sulfonamides is 1. The van der Waals surface area contributed by atoms with Crippen LogP contribution < -0.4 is 0 Å². The molecule has 24 heavy (non-hydrogen) atoms. The Labute approximate surface area is 146 Å². The normalized spacial score (nSPS) is 24.4. The van der Waals surface area contributed by atoms with Crippen LogP contribution >= 0.6 is 11.3 Å². The monoisotopic (exact) mass is 367 g/mol. The van der Waals surface area contributed by atoms with Gasteiger partial charge in [0.25, 0.3) is 0 Å². The zero-order valence-corrected chi connectivity index (χ0v) is 15.0. The molecule has 7 heteroatoms. The molecule has 2 fully saturated rings. The van der Waals surface area contributed by atoms with Crippen LogP contribution in [0.1, 0.15) is 24.5 Å². The smallest absolute Gasteiger partial charge is 0.217 e. The van der Waals surface area contributed by atoms with E-state index in [1.165, 1.54) is 4.70 Å². The van der Waals surface area contributed by atoms with E-state index in [2.05, 4.69) is 17.5 Å². The van der Waals surface area contributed by atoms with Gasteiger partial charge in [0.2, 0.25) is 10.0 Å². The van der Waals surface area contributed by atoms with Gasteiger partial charge in [0.15, 0.2) is 0 Å². The summed E-state index contributed by atoms with van der Waals surface area (Å²) >= 11 is 1.68. The minimum Gasteiger partial charge on any atom is -0.381 e. The van der Waals surface area contributed by atoms with E-state index in [1.54, 1.807) is 15.6 Å². The third kappa shape index (κ3) is 2.99. The summed E-state index contributed by atoms with van der Waals surface area (Å²) in [6.45, 7) is 2.36. The van der Waals surface area contributed by atoms with Gasteiger partial charge < -0.3 is 9.47 Å². The van der Waals surface area contributed by atoms with Gasteiger partial charge in [-0.15, -0.1) is 11.3 Å². The van der Waals surface area contributed by atoms with Crippen LogP contribution in [0.3, 0.4) is 0 Å². The van der Waals surface area contributed by atoms with Crippen molar-refractivity contribution in [3.63, 3.8) is 0 Å². The number of nitrogens with zero attached hydrogens (tertiary/aromatic N) is 1. The Hall–Kier alpha value is -0.990. The number of morpholine rings is 1. The summed E-state index contributed by atoms with van der Waals surface area (Å²) < 4.78 is 39.9. The van der Waals surface area contributed by atoms with Crippen LogP contribution in [0.5, 0.6) is 0 Å². The van der Waals surface area contributed by atoms with E-state index in [0.29, 0.717) is 45.8 Å². The molecule has 2 aliphatic heterocycles. The number of hydrogen-bond acceptors (Lipinski definition) is 5. The molecule has 1 aromatic carbocycles. The standard InChI is InChI=1S/C17H21NO4S2/c19-24(20,13-5-8-21-9-6-13)18-7-10-22-16(11-18)15-12-23-17-4-2-1-3-14(15)17/h1-4,12-13,16H,5-11H2/t16-/m0/s1. The van der Waals surface area contributed by atoms with E-state index in [-0.39, 0.29) is 11.4 Å². The second-order valence-electron chi connectivity index (χ2n) is 6.26. The molecular formula is C17H21NO4S2. The molecule has 2 aromatic rings. The lowest BCUT2D eigenvalue weighted by Crippen LogP contribution is -2.47. The summed E-state index contributed by atoms with van der Waals surface area (Å²) in [5, 5.41) is 2.95. The zero-order valence-electron chi connectivity index (χ0n) is 13.4.